The third-order valence-electron chi connectivity index (χ3n) is 4.45. The number of rotatable bonds is 3. The normalized spacial score (nSPS) is 20.2. The molecule has 10 heteroatoms. The number of thioether (sulfide) groups is 1. The highest BCUT2D eigenvalue weighted by molar-refractivity contribution is 8.18. The zero-order valence-corrected chi connectivity index (χ0v) is 16.0. The van der Waals surface area contributed by atoms with Gasteiger partial charge in [-0.15, -0.1) is 0 Å². The summed E-state index contributed by atoms with van der Waals surface area (Å²) in [6.07, 6.45) is -4.13. The number of halogens is 3. The highest BCUT2D eigenvalue weighted by atomic mass is 32.2. The molecule has 1 saturated heterocycles. The standard InChI is InChI=1S/C20H14F3NO5S/c21-20(22,23)13-7-11(5-6-14(13)25)8-17-18(26)24(19(27)30-17)9-12-10-28-15-3-1-2-4-16(15)29-12/h1-8,12,25H,9-10H2/b17-8+. The lowest BCUT2D eigenvalue weighted by Crippen LogP contribution is -2.42. The summed E-state index contributed by atoms with van der Waals surface area (Å²) in [5, 5.41) is 8.87. The third kappa shape index (κ3) is 3.95. The van der Waals surface area contributed by atoms with Gasteiger partial charge in [0, 0.05) is 0 Å². The predicted octanol–water partition coefficient (Wildman–Crippen LogP) is 4.29. The van der Waals surface area contributed by atoms with Crippen LogP contribution in [0.4, 0.5) is 18.0 Å². The first-order valence-corrected chi connectivity index (χ1v) is 9.58. The molecule has 0 aliphatic carbocycles. The van der Waals surface area contributed by atoms with E-state index in [0.29, 0.717) is 23.3 Å². The second kappa shape index (κ2) is 7.60. The van der Waals surface area contributed by atoms with Crippen molar-refractivity contribution in [3.8, 4) is 17.2 Å². The van der Waals surface area contributed by atoms with Gasteiger partial charge in [-0.1, -0.05) is 18.2 Å². The minimum atomic E-state index is -4.75. The monoisotopic (exact) mass is 437 g/mol. The van der Waals surface area contributed by atoms with Gasteiger partial charge in [0.05, 0.1) is 17.0 Å². The zero-order valence-electron chi connectivity index (χ0n) is 15.2. The second-order valence-corrected chi connectivity index (χ2v) is 7.56. The summed E-state index contributed by atoms with van der Waals surface area (Å²) >= 11 is 0.627. The summed E-state index contributed by atoms with van der Waals surface area (Å²) in [5.74, 6) is -0.479. The van der Waals surface area contributed by atoms with E-state index in [4.69, 9.17) is 9.47 Å². The molecule has 30 heavy (non-hydrogen) atoms. The number of alkyl halides is 3. The van der Waals surface area contributed by atoms with Crippen molar-refractivity contribution in [3.63, 3.8) is 0 Å². The maximum Gasteiger partial charge on any atom is 0.419 e. The molecular formula is C20H14F3NO5S. The van der Waals surface area contributed by atoms with Crippen LogP contribution in [-0.2, 0) is 11.0 Å². The van der Waals surface area contributed by atoms with Crippen molar-refractivity contribution >= 4 is 29.0 Å². The number of carbonyl (C=O) groups is 2. The van der Waals surface area contributed by atoms with E-state index in [2.05, 4.69) is 0 Å². The number of para-hydroxylation sites is 2. The molecule has 6 nitrogen and oxygen atoms in total. The Hall–Kier alpha value is -3.14. The van der Waals surface area contributed by atoms with Gasteiger partial charge in [-0.3, -0.25) is 14.5 Å². The van der Waals surface area contributed by atoms with Gasteiger partial charge in [-0.05, 0) is 47.7 Å². The quantitative estimate of drug-likeness (QED) is 0.723. The number of carbonyl (C=O) groups excluding carboxylic acids is 2. The van der Waals surface area contributed by atoms with Crippen LogP contribution in [0.2, 0.25) is 0 Å². The van der Waals surface area contributed by atoms with Crippen molar-refractivity contribution < 1.29 is 37.3 Å². The Balaban J connectivity index is 1.51. The van der Waals surface area contributed by atoms with Crippen molar-refractivity contribution in [2.45, 2.75) is 12.3 Å². The first-order valence-electron chi connectivity index (χ1n) is 8.76. The Morgan fingerprint density at radius 1 is 1.17 bits per heavy atom. The highest BCUT2D eigenvalue weighted by Gasteiger charge is 2.38. The molecule has 0 saturated carbocycles. The Labute approximate surface area is 172 Å². The van der Waals surface area contributed by atoms with E-state index in [9.17, 15) is 27.9 Å². The molecule has 156 valence electrons. The molecular weight excluding hydrogens is 423 g/mol. The second-order valence-electron chi connectivity index (χ2n) is 6.56. The fourth-order valence-electron chi connectivity index (χ4n) is 3.04. The number of fused-ring (bicyclic) bond motifs is 1. The minimum absolute atomic E-state index is 0.0176. The number of benzene rings is 2. The molecule has 4 rings (SSSR count). The lowest BCUT2D eigenvalue weighted by Gasteiger charge is -2.28. The molecule has 2 aromatic carbocycles. The van der Waals surface area contributed by atoms with E-state index in [1.807, 2.05) is 0 Å². The summed E-state index contributed by atoms with van der Waals surface area (Å²) in [5.41, 5.74) is -1.18. The molecule has 2 aliphatic heterocycles. The largest absolute Gasteiger partial charge is 0.507 e. The SMILES string of the molecule is O=C1S/C(=C/c2ccc(O)c(C(F)(F)F)c2)C(=O)N1CC1COc2ccccc2O1. The lowest BCUT2D eigenvalue weighted by atomic mass is 10.1. The van der Waals surface area contributed by atoms with Crippen molar-refractivity contribution in [2.24, 2.45) is 0 Å². The summed E-state index contributed by atoms with van der Waals surface area (Å²) < 4.78 is 50.2. The number of nitrogens with zero attached hydrogens (tertiary/aromatic N) is 1. The number of phenolic OH excluding ortho intramolecular Hbond substituents is 1. The highest BCUT2D eigenvalue weighted by Crippen LogP contribution is 2.38. The average molecular weight is 437 g/mol. The fourth-order valence-corrected chi connectivity index (χ4v) is 3.88. The topological polar surface area (TPSA) is 76.1 Å². The molecule has 0 spiro atoms. The van der Waals surface area contributed by atoms with Gasteiger partial charge in [0.15, 0.2) is 17.6 Å². The molecule has 1 unspecified atom stereocenters. The summed E-state index contributed by atoms with van der Waals surface area (Å²) in [4.78, 5) is 25.9. The van der Waals surface area contributed by atoms with E-state index in [1.165, 1.54) is 12.1 Å². The zero-order chi connectivity index (χ0) is 21.5. The Morgan fingerprint density at radius 2 is 1.90 bits per heavy atom. The van der Waals surface area contributed by atoms with Crippen LogP contribution in [0, 0.1) is 0 Å². The van der Waals surface area contributed by atoms with Crippen LogP contribution in [0.1, 0.15) is 11.1 Å². The molecule has 0 aromatic heterocycles. The van der Waals surface area contributed by atoms with E-state index in [0.717, 1.165) is 17.0 Å². The molecule has 1 atom stereocenters. The third-order valence-corrected chi connectivity index (χ3v) is 5.36. The van der Waals surface area contributed by atoms with Crippen LogP contribution in [0.5, 0.6) is 17.2 Å². The van der Waals surface area contributed by atoms with Crippen LogP contribution in [-0.4, -0.2) is 40.4 Å². The van der Waals surface area contributed by atoms with Gasteiger partial charge in [0.2, 0.25) is 0 Å². The summed E-state index contributed by atoms with van der Waals surface area (Å²) in [6.45, 7) is 0.0877. The van der Waals surface area contributed by atoms with Crippen molar-refractivity contribution in [1.29, 1.82) is 0 Å². The number of ether oxygens (including phenoxy) is 2. The number of phenols is 1. The van der Waals surface area contributed by atoms with E-state index >= 15 is 0 Å². The van der Waals surface area contributed by atoms with Crippen molar-refractivity contribution in [2.75, 3.05) is 13.2 Å². The molecule has 0 bridgehead atoms. The average Bonchev–Trinajstić information content (AvgIpc) is 2.96. The number of aromatic hydroxyl groups is 1. The Morgan fingerprint density at radius 3 is 2.63 bits per heavy atom. The van der Waals surface area contributed by atoms with Crippen LogP contribution < -0.4 is 9.47 Å². The maximum atomic E-state index is 13.0. The predicted molar refractivity (Wildman–Crippen MR) is 102 cm³/mol. The molecule has 1 N–H and O–H groups in total. The molecule has 0 radical (unpaired) electrons. The van der Waals surface area contributed by atoms with Gasteiger partial charge in [-0.2, -0.15) is 13.2 Å². The molecule has 2 aromatic rings. The van der Waals surface area contributed by atoms with Gasteiger partial charge in [-0.25, -0.2) is 0 Å². The van der Waals surface area contributed by atoms with Crippen LogP contribution in [0.15, 0.2) is 47.4 Å². The summed E-state index contributed by atoms with van der Waals surface area (Å²) in [6, 6.07) is 9.84. The molecule has 2 heterocycles. The Bertz CT molecular complexity index is 1050. The van der Waals surface area contributed by atoms with Crippen molar-refractivity contribution in [3.05, 3.63) is 58.5 Å². The lowest BCUT2D eigenvalue weighted by molar-refractivity contribution is -0.138. The first kappa shape index (κ1) is 20.1. The molecule has 1 fully saturated rings. The van der Waals surface area contributed by atoms with Gasteiger partial charge >= 0.3 is 6.18 Å². The van der Waals surface area contributed by atoms with E-state index in [-0.39, 0.29) is 23.6 Å². The van der Waals surface area contributed by atoms with Crippen molar-refractivity contribution in [1.82, 2.24) is 4.90 Å². The minimum Gasteiger partial charge on any atom is -0.507 e. The van der Waals surface area contributed by atoms with E-state index in [1.54, 1.807) is 24.3 Å². The van der Waals surface area contributed by atoms with E-state index < -0.39 is 34.7 Å². The smallest absolute Gasteiger partial charge is 0.419 e. The van der Waals surface area contributed by atoms with Crippen LogP contribution in [0.3, 0.4) is 0 Å². The van der Waals surface area contributed by atoms with Gasteiger partial charge in [0.25, 0.3) is 11.1 Å². The first-order chi connectivity index (χ1) is 14.2. The number of amides is 2. The molecule has 2 amide bonds. The van der Waals surface area contributed by atoms with Gasteiger partial charge in [0.1, 0.15) is 12.4 Å². The number of hydrogen-bond donors (Lipinski definition) is 1. The molecule has 2 aliphatic rings. The van der Waals surface area contributed by atoms with Crippen LogP contribution in [0.25, 0.3) is 6.08 Å². The van der Waals surface area contributed by atoms with Gasteiger partial charge < -0.3 is 14.6 Å². The fraction of sp³-hybridized carbons (Fsp3) is 0.200. The van der Waals surface area contributed by atoms with Crippen LogP contribution >= 0.6 is 11.8 Å². The number of imide groups is 1. The summed E-state index contributed by atoms with van der Waals surface area (Å²) in [7, 11) is 0. The Kier molecular flexibility index (Phi) is 5.10. The number of hydrogen-bond acceptors (Lipinski definition) is 6. The maximum absolute atomic E-state index is 13.0.